The van der Waals surface area contributed by atoms with Crippen molar-refractivity contribution in [1.82, 2.24) is 58.8 Å². The van der Waals surface area contributed by atoms with Crippen molar-refractivity contribution in [2.45, 2.75) is 142 Å². The number of hydrogen-bond donors (Lipinski definition) is 5. The highest BCUT2D eigenvalue weighted by Crippen LogP contribution is 2.23. The van der Waals surface area contributed by atoms with Gasteiger partial charge in [-0.05, 0) is 54.4 Å². The largest absolute Gasteiger partial charge is 1.00 e. The van der Waals surface area contributed by atoms with Gasteiger partial charge in [0.1, 0.15) is 0 Å². The second kappa shape index (κ2) is 33.5. The summed E-state index contributed by atoms with van der Waals surface area (Å²) in [7, 11) is 6.11. The summed E-state index contributed by atoms with van der Waals surface area (Å²) in [6, 6.07) is 0. The molecule has 0 saturated heterocycles. The van der Waals surface area contributed by atoms with Gasteiger partial charge in [-0.3, -0.25) is 0 Å². The summed E-state index contributed by atoms with van der Waals surface area (Å²) in [5, 5.41) is 52.9. The molecule has 24 heteroatoms. The third kappa shape index (κ3) is 20.0. The van der Waals surface area contributed by atoms with Crippen LogP contribution in [0.15, 0.2) is 74.4 Å². The maximum Gasteiger partial charge on any atom is 0.0980 e. The summed E-state index contributed by atoms with van der Waals surface area (Å²) in [5.74, 6) is 0. The van der Waals surface area contributed by atoms with E-state index in [1.165, 1.54) is 0 Å². The Balaban J connectivity index is 0. The summed E-state index contributed by atoms with van der Waals surface area (Å²) >= 11 is 0. The van der Waals surface area contributed by atoms with Gasteiger partial charge >= 0.3 is 0 Å². The number of aliphatic hydroxyl groups is 5. The minimum absolute atomic E-state index is 0. The van der Waals surface area contributed by atoms with Crippen LogP contribution in [0.2, 0.25) is 0 Å². The molecule has 0 aromatic rings. The van der Waals surface area contributed by atoms with Crippen LogP contribution < -0.4 is 74.4 Å². The van der Waals surface area contributed by atoms with Gasteiger partial charge in [0.25, 0.3) is 0 Å². The fourth-order valence-corrected chi connectivity index (χ4v) is 8.79. The number of rotatable bonds is 23. The Labute approximate surface area is 463 Å². The maximum atomic E-state index is 11.2. The van der Waals surface area contributed by atoms with E-state index >= 15 is 0 Å². The predicted molar refractivity (Wildman–Crippen MR) is 256 cm³/mol. The maximum absolute atomic E-state index is 11.2. The number of aliphatic hydroxyl groups excluding tert-OH is 5. The Morgan fingerprint density at radius 2 is 0.535 bits per heavy atom. The van der Waals surface area contributed by atoms with E-state index in [1.54, 1.807) is 0 Å². The second-order valence-corrected chi connectivity index (χ2v) is 18.9. The molecule has 0 amide bonds. The third-order valence-corrected chi connectivity index (χ3v) is 14.2. The van der Waals surface area contributed by atoms with Crippen molar-refractivity contribution < 1.29 is 105 Å². The van der Waals surface area contributed by atoms with E-state index in [0.717, 1.165) is 13.0 Å². The van der Waals surface area contributed by atoms with Gasteiger partial charge in [-0.15, -0.1) is 0 Å². The van der Waals surface area contributed by atoms with E-state index in [4.69, 9.17) is 4.74 Å². The first-order chi connectivity index (χ1) is 30.9. The zero-order valence-electron chi connectivity index (χ0n) is 43.6. The van der Waals surface area contributed by atoms with Gasteiger partial charge in [-0.1, -0.05) is 13.8 Å². The lowest BCUT2D eigenvalue weighted by atomic mass is 10.2. The second-order valence-electron chi connectivity index (χ2n) is 18.9. The molecule has 0 aromatic heterocycles. The minimum atomic E-state index is -0.720. The first-order valence-corrected chi connectivity index (χ1v) is 24.0. The van der Waals surface area contributed by atoms with E-state index in [2.05, 4.69) is 113 Å². The summed E-state index contributed by atoms with van der Waals surface area (Å²) in [6.07, 6.45) is 24.2. The highest BCUT2D eigenvalue weighted by Gasteiger charge is 2.33. The normalized spacial score (nSPS) is 25.4. The molecular weight excluding hydrogens is 1040 g/mol. The van der Waals surface area contributed by atoms with Crippen LogP contribution in [-0.2, 0) is 4.74 Å². The van der Waals surface area contributed by atoms with Gasteiger partial charge < -0.3 is 164 Å². The lowest BCUT2D eigenvalue weighted by Gasteiger charge is -2.37. The first-order valence-electron chi connectivity index (χ1n) is 24.0. The van der Waals surface area contributed by atoms with Crippen molar-refractivity contribution in [3.8, 4) is 0 Å². The summed E-state index contributed by atoms with van der Waals surface area (Å²) < 4.78 is 6.54. The van der Waals surface area contributed by atoms with Gasteiger partial charge in [-0.25, -0.2) is 0 Å². The number of hydrogen-bond acceptors (Lipinski definition) is 18. The van der Waals surface area contributed by atoms with Gasteiger partial charge in [0.05, 0.1) is 80.2 Å². The van der Waals surface area contributed by atoms with Gasteiger partial charge in [0.15, 0.2) is 0 Å². The topological polar surface area (TPSA) is 149 Å². The lowest BCUT2D eigenvalue weighted by molar-refractivity contribution is -0.0496. The summed E-state index contributed by atoms with van der Waals surface area (Å²) in [6.45, 7) is 21.9. The van der Waals surface area contributed by atoms with Crippen molar-refractivity contribution in [2.75, 3.05) is 86.7 Å². The summed E-state index contributed by atoms with van der Waals surface area (Å²) in [5.41, 5.74) is 0. The standard InChI is InChI=1S/C38H68N10O5.C9H18N2O.6ClH/c1-9-34(49)20-43-16-18-47(32(43)5)26-38(27-48-19-17-45(33(48)6)24-36(51)22-42-13-11-40(8)30(42)3)53-28-37(52)25-46-15-14-44(31(46)4)23-35(50)21-41-12-10-39(7)29(41)2;1-4-9(12)7-11-6-5-10(3)8(11)2;;;;;;/h10-19,29-38,49-52H,9,20-28H2,1-8H3;5-6,8-9,12H,4,7H2,1-3H3;6*1H/p-6. The van der Waals surface area contributed by atoms with E-state index in [1.807, 2.05) is 97.0 Å². The number of halogens is 6. The molecule has 12 atom stereocenters. The van der Waals surface area contributed by atoms with Crippen molar-refractivity contribution in [3.63, 3.8) is 0 Å². The third-order valence-electron chi connectivity index (χ3n) is 14.2. The number of β-amino-alcohol motifs (C(OH)–C–C–N with tert-alkyl or cyclic N) is 5. The van der Waals surface area contributed by atoms with Crippen molar-refractivity contribution >= 4 is 0 Å². The number of nitrogens with zero attached hydrogens (tertiary/aromatic N) is 12. The van der Waals surface area contributed by atoms with Crippen LogP contribution in [0.25, 0.3) is 0 Å². The Kier molecular flexibility index (Phi) is 33.3. The molecule has 6 heterocycles. The minimum Gasteiger partial charge on any atom is -1.00 e. The van der Waals surface area contributed by atoms with Crippen molar-refractivity contribution in [1.29, 1.82) is 0 Å². The zero-order valence-corrected chi connectivity index (χ0v) is 48.2. The van der Waals surface area contributed by atoms with E-state index in [-0.39, 0.29) is 130 Å². The molecule has 6 aliphatic rings. The van der Waals surface area contributed by atoms with Crippen LogP contribution in [0.1, 0.15) is 68.2 Å². The van der Waals surface area contributed by atoms with Crippen molar-refractivity contribution in [3.05, 3.63) is 74.4 Å². The predicted octanol–water partition coefficient (Wildman–Crippen LogP) is -16.5. The smallest absolute Gasteiger partial charge is 0.0980 e. The Bertz CT molecular complexity index is 1650. The van der Waals surface area contributed by atoms with Crippen LogP contribution in [0.4, 0.5) is 0 Å². The molecule has 5 N–H and O–H groups in total. The molecule has 18 nitrogen and oxygen atoms in total. The lowest BCUT2D eigenvalue weighted by Crippen LogP contribution is -3.00. The van der Waals surface area contributed by atoms with Gasteiger partial charge in [0.2, 0.25) is 0 Å². The average Bonchev–Trinajstić information content (AvgIpc) is 4.12. The highest BCUT2D eigenvalue weighted by atomic mass is 35.5. The number of ether oxygens (including phenoxy) is 1. The first kappa shape index (κ1) is 70.6. The fourth-order valence-electron chi connectivity index (χ4n) is 8.79. The SMILES string of the molecule is CCC(O)CN1C=CN(C)C1C.CCC(O)CN1C=CN(CC(CN2C=CN(CC(O)CN3C=CN(C)C3C)C2C)OCC(O)CN2C=CN(CC(O)CN3C=CN(C)C3C)C2C)C1C.[Cl-].[Cl-].[Cl-].[Cl-].[Cl-].[Cl-]. The quantitative estimate of drug-likeness (QED) is 0.0660. The van der Waals surface area contributed by atoms with Gasteiger partial charge in [0, 0.05) is 154 Å². The molecule has 0 bridgehead atoms. The molecule has 0 fully saturated rings. The zero-order chi connectivity index (χ0) is 47.5. The fraction of sp³-hybridized carbons (Fsp3) is 0.745. The molecule has 0 spiro atoms. The van der Waals surface area contributed by atoms with Crippen LogP contribution in [0.5, 0.6) is 0 Å². The molecule has 71 heavy (non-hydrogen) atoms. The Morgan fingerprint density at radius 1 is 0.324 bits per heavy atom. The molecule has 418 valence electrons. The van der Waals surface area contributed by atoms with Crippen LogP contribution >= 0.6 is 0 Å². The van der Waals surface area contributed by atoms with Crippen LogP contribution in [0, 0.1) is 0 Å². The van der Waals surface area contributed by atoms with Crippen molar-refractivity contribution in [2.24, 2.45) is 0 Å². The molecule has 0 saturated carbocycles. The molecule has 6 rings (SSSR count). The molecule has 12 unspecified atom stereocenters. The highest BCUT2D eigenvalue weighted by molar-refractivity contribution is 5.03. The van der Waals surface area contributed by atoms with E-state index in [9.17, 15) is 25.5 Å². The molecule has 0 aliphatic carbocycles. The van der Waals surface area contributed by atoms with Crippen LogP contribution in [-0.4, -0.2) is 245 Å². The van der Waals surface area contributed by atoms with Gasteiger partial charge in [-0.2, -0.15) is 0 Å². The molecule has 6 aliphatic heterocycles. The van der Waals surface area contributed by atoms with E-state index in [0.29, 0.717) is 64.9 Å². The Hall–Kier alpha value is -2.46. The average molecular weight is 1130 g/mol. The summed E-state index contributed by atoms with van der Waals surface area (Å²) in [4.78, 5) is 25.8. The molecule has 0 radical (unpaired) electrons. The Morgan fingerprint density at radius 3 is 0.775 bits per heavy atom. The monoisotopic (exact) mass is 1120 g/mol. The van der Waals surface area contributed by atoms with E-state index < -0.39 is 18.3 Å². The molecular formula is C47H86Cl6N12O6-6. The molecule has 0 aromatic carbocycles. The van der Waals surface area contributed by atoms with Crippen LogP contribution in [0.3, 0.4) is 0 Å².